The van der Waals surface area contributed by atoms with E-state index < -0.39 is 17.7 Å². The Kier molecular flexibility index (Phi) is 5.48. The first kappa shape index (κ1) is 20.5. The van der Waals surface area contributed by atoms with Crippen molar-refractivity contribution in [1.29, 1.82) is 0 Å². The van der Waals surface area contributed by atoms with Crippen LogP contribution >= 0.6 is 104 Å². The smallest absolute Gasteiger partial charge is 0.271 e. The van der Waals surface area contributed by atoms with Crippen LogP contribution < -0.4 is 4.74 Å². The molecule has 4 nitrogen and oxygen atoms in total. The molecule has 1 aromatic rings. The Labute approximate surface area is 187 Å². The summed E-state index contributed by atoms with van der Waals surface area (Å²) in [6.07, 6.45) is -0.990. The lowest BCUT2D eigenvalue weighted by atomic mass is 10.1. The first-order chi connectivity index (χ1) is 11.3. The summed E-state index contributed by atoms with van der Waals surface area (Å²) in [6, 6.07) is 5.09. The molecule has 2 aliphatic rings. The summed E-state index contributed by atoms with van der Waals surface area (Å²) in [5.41, 5.74) is 0.552. The molecule has 3 rings (SSSR count). The third-order valence-electron chi connectivity index (χ3n) is 3.15. The van der Waals surface area contributed by atoms with E-state index in [1.807, 2.05) is 0 Å². The van der Waals surface area contributed by atoms with E-state index in [0.717, 1.165) is 10.6 Å². The first-order valence-corrected chi connectivity index (χ1v) is 9.67. The second-order valence-corrected chi connectivity index (χ2v) is 11.7. The van der Waals surface area contributed by atoms with Gasteiger partial charge in [0.05, 0.1) is 0 Å². The van der Waals surface area contributed by atoms with Crippen LogP contribution in [0.15, 0.2) is 28.2 Å². The standard InChI is InChI=1S/C12H4Cl9N3O/c13-10(14,15)8-22-7(4-1-2-5-6(3-4)25-5)24(12(19,20)21)9(23-8)11(16,17)18/h1-3,7H. The van der Waals surface area contributed by atoms with E-state index in [9.17, 15) is 0 Å². The van der Waals surface area contributed by atoms with Crippen LogP contribution in [0.1, 0.15) is 11.7 Å². The average molecular weight is 525 g/mol. The molecule has 0 fully saturated rings. The third-order valence-corrected chi connectivity index (χ3v) is 4.71. The Hall–Kier alpha value is 0.770. The fourth-order valence-electron chi connectivity index (χ4n) is 2.13. The summed E-state index contributed by atoms with van der Waals surface area (Å²) in [6.45, 7) is 0. The Morgan fingerprint density at radius 2 is 1.52 bits per heavy atom. The molecule has 0 amide bonds. The summed E-state index contributed by atoms with van der Waals surface area (Å²) in [5, 5.41) is 0. The molecule has 0 aliphatic carbocycles. The molecule has 0 radical (unpaired) electrons. The van der Waals surface area contributed by atoms with E-state index in [0.29, 0.717) is 11.3 Å². The van der Waals surface area contributed by atoms with Gasteiger partial charge in [-0.1, -0.05) is 110 Å². The maximum Gasteiger partial charge on any atom is 0.271 e. The zero-order valence-electron chi connectivity index (χ0n) is 11.5. The number of amidine groups is 2. The van der Waals surface area contributed by atoms with Crippen molar-refractivity contribution in [3.8, 4) is 11.5 Å². The van der Waals surface area contributed by atoms with Crippen LogP contribution in [0.25, 0.3) is 0 Å². The summed E-state index contributed by atoms with van der Waals surface area (Å²) in [5.74, 6) is 0.885. The van der Waals surface area contributed by atoms with Crippen molar-refractivity contribution in [2.75, 3.05) is 0 Å². The van der Waals surface area contributed by atoms with Crippen LogP contribution in [0.5, 0.6) is 11.5 Å². The summed E-state index contributed by atoms with van der Waals surface area (Å²) in [4.78, 5) is 9.37. The molecule has 13 heteroatoms. The van der Waals surface area contributed by atoms with Gasteiger partial charge in [0.2, 0.25) is 7.59 Å². The van der Waals surface area contributed by atoms with Gasteiger partial charge in [-0.3, -0.25) is 4.90 Å². The first-order valence-electron chi connectivity index (χ1n) is 6.27. The predicted molar refractivity (Wildman–Crippen MR) is 107 cm³/mol. The quantitative estimate of drug-likeness (QED) is 0.229. The van der Waals surface area contributed by atoms with E-state index in [2.05, 4.69) is 9.98 Å². The van der Waals surface area contributed by atoms with Crippen molar-refractivity contribution in [1.82, 2.24) is 4.90 Å². The molecule has 2 aliphatic heterocycles. The van der Waals surface area contributed by atoms with E-state index >= 15 is 0 Å². The monoisotopic (exact) mass is 521 g/mol. The number of nitrogens with zero attached hydrogens (tertiary/aromatic N) is 3. The largest absolute Gasteiger partial charge is 0.450 e. The van der Waals surface area contributed by atoms with Crippen LogP contribution in [-0.4, -0.2) is 28.1 Å². The number of hydrogen-bond donors (Lipinski definition) is 0. The maximum absolute atomic E-state index is 6.07. The number of aliphatic imine (C=N–C) groups is 2. The lowest BCUT2D eigenvalue weighted by molar-refractivity contribution is 0.318. The van der Waals surface area contributed by atoms with Crippen molar-refractivity contribution in [3.63, 3.8) is 0 Å². The highest BCUT2D eigenvalue weighted by Gasteiger charge is 2.50. The summed E-state index contributed by atoms with van der Waals surface area (Å²) >= 11 is 53.9. The molecular weight excluding hydrogens is 521 g/mol. The fourth-order valence-corrected chi connectivity index (χ4v) is 3.32. The Balaban J connectivity index is 2.18. The SMILES string of the molecule is ClC(Cl)(Cl)C1=NC(c2ccc3c(c2)O3)N(C(Cl)(Cl)Cl)C(C(Cl)(Cl)Cl)=N1. The molecule has 25 heavy (non-hydrogen) atoms. The molecule has 1 atom stereocenters. The van der Waals surface area contributed by atoms with Gasteiger partial charge in [0.15, 0.2) is 29.3 Å². The molecule has 0 spiro atoms. The number of ether oxygens (including phenoxy) is 1. The topological polar surface area (TPSA) is 40.5 Å². The number of benzene rings is 1. The van der Waals surface area contributed by atoms with Crippen molar-refractivity contribution in [2.45, 2.75) is 17.7 Å². The van der Waals surface area contributed by atoms with Crippen molar-refractivity contribution >= 4 is 116 Å². The molecule has 2 heterocycles. The summed E-state index contributed by atoms with van der Waals surface area (Å²) < 4.78 is -0.912. The molecule has 0 saturated heterocycles. The number of hydrogen-bond acceptors (Lipinski definition) is 4. The van der Waals surface area contributed by atoms with Gasteiger partial charge in [-0.05, 0) is 12.1 Å². The minimum absolute atomic E-state index is 0.222. The van der Waals surface area contributed by atoms with Gasteiger partial charge >= 0.3 is 0 Å². The van der Waals surface area contributed by atoms with E-state index in [1.54, 1.807) is 18.2 Å². The predicted octanol–water partition coefficient (Wildman–Crippen LogP) is 6.97. The van der Waals surface area contributed by atoms with Crippen LogP contribution in [0.4, 0.5) is 0 Å². The zero-order valence-corrected chi connectivity index (χ0v) is 18.3. The van der Waals surface area contributed by atoms with Crippen molar-refractivity contribution in [3.05, 3.63) is 23.8 Å². The molecule has 1 aromatic carbocycles. The minimum atomic E-state index is -2.08. The molecule has 0 bridgehead atoms. The maximum atomic E-state index is 6.07. The zero-order chi connectivity index (χ0) is 18.8. The highest BCUT2D eigenvalue weighted by molar-refractivity contribution is 6.79. The van der Waals surface area contributed by atoms with Gasteiger partial charge in [0.1, 0.15) is 0 Å². The van der Waals surface area contributed by atoms with Gasteiger partial charge in [0, 0.05) is 5.56 Å². The lowest BCUT2D eigenvalue weighted by Gasteiger charge is -2.41. The van der Waals surface area contributed by atoms with Crippen LogP contribution in [-0.2, 0) is 0 Å². The molecule has 136 valence electrons. The van der Waals surface area contributed by atoms with Crippen molar-refractivity contribution < 1.29 is 4.74 Å². The van der Waals surface area contributed by atoms with Gasteiger partial charge in [-0.25, -0.2) is 9.98 Å². The Morgan fingerprint density at radius 3 is 2.00 bits per heavy atom. The molecule has 0 N–H and O–H groups in total. The van der Waals surface area contributed by atoms with Gasteiger partial charge < -0.3 is 4.74 Å². The molecule has 1 unspecified atom stereocenters. The van der Waals surface area contributed by atoms with Crippen LogP contribution in [0.3, 0.4) is 0 Å². The molecule has 0 saturated carbocycles. The molecule has 0 aromatic heterocycles. The van der Waals surface area contributed by atoms with E-state index in [1.165, 1.54) is 0 Å². The lowest BCUT2D eigenvalue weighted by Crippen LogP contribution is -2.51. The van der Waals surface area contributed by atoms with E-state index in [-0.39, 0.29) is 11.7 Å². The Morgan fingerprint density at radius 1 is 0.880 bits per heavy atom. The van der Waals surface area contributed by atoms with Gasteiger partial charge in [0.25, 0.3) is 3.92 Å². The number of fused-ring (bicyclic) bond motifs is 1. The number of halogens is 9. The van der Waals surface area contributed by atoms with Crippen LogP contribution in [0, 0.1) is 0 Å². The average Bonchev–Trinajstić information content (AvgIpc) is 3.21. The Bertz CT molecular complexity index is 776. The highest BCUT2D eigenvalue weighted by Crippen LogP contribution is 2.50. The van der Waals surface area contributed by atoms with E-state index in [4.69, 9.17) is 109 Å². The second kappa shape index (κ2) is 6.68. The minimum Gasteiger partial charge on any atom is -0.450 e. The van der Waals surface area contributed by atoms with Crippen molar-refractivity contribution in [2.24, 2.45) is 9.98 Å². The second-order valence-electron chi connectivity index (χ2n) is 4.90. The van der Waals surface area contributed by atoms with Gasteiger partial charge in [-0.15, -0.1) is 0 Å². The summed E-state index contributed by atoms with van der Waals surface area (Å²) in [7, 11) is 0. The highest BCUT2D eigenvalue weighted by atomic mass is 35.6. The normalized spacial score (nSPS) is 20.5. The third kappa shape index (κ3) is 4.44. The van der Waals surface area contributed by atoms with Crippen LogP contribution in [0.2, 0.25) is 0 Å². The number of rotatable bonds is 1. The number of alkyl halides is 9. The van der Waals surface area contributed by atoms with Gasteiger partial charge in [-0.2, -0.15) is 0 Å². The molecular formula is C12H4Cl9N3O. The fraction of sp³-hybridized carbons (Fsp3) is 0.333.